The molecule has 0 amide bonds. The van der Waals surface area contributed by atoms with E-state index >= 15 is 0 Å². The lowest BCUT2D eigenvalue weighted by molar-refractivity contribution is -0.154. The number of oxime groups is 1. The first kappa shape index (κ1) is 13.9. The van der Waals surface area contributed by atoms with E-state index in [1.54, 1.807) is 37.3 Å². The Hall–Kier alpha value is -2.17. The summed E-state index contributed by atoms with van der Waals surface area (Å²) in [5.74, 6) is -2.49. The Morgan fingerprint density at radius 3 is 2.44 bits per heavy atom. The van der Waals surface area contributed by atoms with Crippen LogP contribution in [0, 0.1) is 5.92 Å². The molecule has 1 aromatic rings. The summed E-state index contributed by atoms with van der Waals surface area (Å²) in [6.45, 7) is 3.25. The highest BCUT2D eigenvalue weighted by molar-refractivity contribution is 6.39. The smallest absolute Gasteiger partial charge is 0.375 e. The fourth-order valence-corrected chi connectivity index (χ4v) is 1.51. The summed E-state index contributed by atoms with van der Waals surface area (Å²) in [6.07, 6.45) is 0. The Balaban J connectivity index is 2.91. The number of benzene rings is 1. The SMILES string of the molecule is CCOC(=O)C(=O)C(C)/C(=N/O)c1ccccc1. The summed E-state index contributed by atoms with van der Waals surface area (Å²) in [4.78, 5) is 23.1. The molecule has 0 heterocycles. The van der Waals surface area contributed by atoms with Gasteiger partial charge in [0.1, 0.15) is 0 Å². The number of hydrogen-bond acceptors (Lipinski definition) is 5. The molecule has 0 spiro atoms. The van der Waals surface area contributed by atoms with E-state index in [0.29, 0.717) is 5.56 Å². The molecule has 0 fully saturated rings. The molecular formula is C13H15NO4. The zero-order valence-electron chi connectivity index (χ0n) is 10.3. The highest BCUT2D eigenvalue weighted by Gasteiger charge is 2.28. The van der Waals surface area contributed by atoms with Gasteiger partial charge in [-0.2, -0.15) is 0 Å². The van der Waals surface area contributed by atoms with E-state index in [1.807, 2.05) is 0 Å². The van der Waals surface area contributed by atoms with Gasteiger partial charge in [-0.3, -0.25) is 4.79 Å². The number of rotatable bonds is 5. The van der Waals surface area contributed by atoms with Crippen LogP contribution in [-0.2, 0) is 14.3 Å². The van der Waals surface area contributed by atoms with Crippen LogP contribution in [0.2, 0.25) is 0 Å². The third-order valence-corrected chi connectivity index (χ3v) is 2.46. The van der Waals surface area contributed by atoms with Crippen molar-refractivity contribution < 1.29 is 19.5 Å². The summed E-state index contributed by atoms with van der Waals surface area (Å²) in [6, 6.07) is 8.70. The standard InChI is InChI=1S/C13H15NO4/c1-3-18-13(16)12(15)9(2)11(14-17)10-7-5-4-6-8-10/h4-9,17H,3H2,1-2H3/b14-11-. The zero-order chi connectivity index (χ0) is 13.5. The molecular weight excluding hydrogens is 234 g/mol. The summed E-state index contributed by atoms with van der Waals surface area (Å²) in [5.41, 5.74) is 0.735. The van der Waals surface area contributed by atoms with Crippen molar-refractivity contribution in [3.63, 3.8) is 0 Å². The van der Waals surface area contributed by atoms with E-state index in [4.69, 9.17) is 5.21 Å². The molecule has 1 aromatic carbocycles. The van der Waals surface area contributed by atoms with Crippen molar-refractivity contribution in [2.75, 3.05) is 6.61 Å². The summed E-state index contributed by atoms with van der Waals surface area (Å²) in [7, 11) is 0. The van der Waals surface area contributed by atoms with E-state index in [2.05, 4.69) is 9.89 Å². The number of hydrogen-bond donors (Lipinski definition) is 1. The van der Waals surface area contributed by atoms with Gasteiger partial charge in [0.2, 0.25) is 5.78 Å². The van der Waals surface area contributed by atoms with Crippen molar-refractivity contribution in [1.29, 1.82) is 0 Å². The molecule has 0 aromatic heterocycles. The molecule has 0 aliphatic heterocycles. The molecule has 0 saturated heterocycles. The van der Waals surface area contributed by atoms with Crippen LogP contribution >= 0.6 is 0 Å². The Bertz CT molecular complexity index is 453. The molecule has 96 valence electrons. The minimum Gasteiger partial charge on any atom is -0.460 e. The molecule has 0 aliphatic carbocycles. The lowest BCUT2D eigenvalue weighted by atomic mass is 9.94. The van der Waals surface area contributed by atoms with Crippen molar-refractivity contribution in [1.82, 2.24) is 0 Å². The van der Waals surface area contributed by atoms with Crippen molar-refractivity contribution in [3.05, 3.63) is 35.9 Å². The topological polar surface area (TPSA) is 76.0 Å². The van der Waals surface area contributed by atoms with Gasteiger partial charge in [-0.05, 0) is 13.8 Å². The van der Waals surface area contributed by atoms with Gasteiger partial charge in [0, 0.05) is 5.56 Å². The second kappa shape index (κ2) is 6.54. The normalized spacial score (nSPS) is 12.9. The highest BCUT2D eigenvalue weighted by atomic mass is 16.5. The van der Waals surface area contributed by atoms with Crippen LogP contribution in [0.1, 0.15) is 19.4 Å². The summed E-state index contributed by atoms with van der Waals surface area (Å²) in [5, 5.41) is 12.1. The fraction of sp³-hybridized carbons (Fsp3) is 0.308. The average molecular weight is 249 g/mol. The minimum absolute atomic E-state index is 0.133. The van der Waals surface area contributed by atoms with Gasteiger partial charge in [0.25, 0.3) is 0 Å². The first-order chi connectivity index (χ1) is 8.61. The van der Waals surface area contributed by atoms with E-state index in [0.717, 1.165) is 0 Å². The number of ketones is 1. The Labute approximate surface area is 105 Å². The van der Waals surface area contributed by atoms with Crippen LogP contribution in [0.4, 0.5) is 0 Å². The highest BCUT2D eigenvalue weighted by Crippen LogP contribution is 2.11. The van der Waals surface area contributed by atoms with E-state index < -0.39 is 17.7 Å². The second-order valence-electron chi connectivity index (χ2n) is 3.66. The second-order valence-corrected chi connectivity index (χ2v) is 3.66. The Kier molecular flexibility index (Phi) is 5.05. The van der Waals surface area contributed by atoms with Crippen molar-refractivity contribution >= 4 is 17.5 Å². The molecule has 0 bridgehead atoms. The first-order valence-electron chi connectivity index (χ1n) is 5.60. The number of carbonyl (C=O) groups excluding carboxylic acids is 2. The zero-order valence-corrected chi connectivity index (χ0v) is 10.3. The number of carbonyl (C=O) groups is 2. The molecule has 1 atom stereocenters. The van der Waals surface area contributed by atoms with Crippen LogP contribution in [-0.4, -0.2) is 29.3 Å². The maximum Gasteiger partial charge on any atom is 0.375 e. The predicted octanol–water partition coefficient (Wildman–Crippen LogP) is 1.63. The number of Topliss-reactive ketones (excluding diaryl/α,β-unsaturated/α-hetero) is 1. The van der Waals surface area contributed by atoms with Crippen LogP contribution < -0.4 is 0 Å². The van der Waals surface area contributed by atoms with Crippen LogP contribution in [0.25, 0.3) is 0 Å². The summed E-state index contributed by atoms with van der Waals surface area (Å²) < 4.78 is 4.63. The lowest BCUT2D eigenvalue weighted by Crippen LogP contribution is -2.30. The monoisotopic (exact) mass is 249 g/mol. The maximum atomic E-state index is 11.7. The molecule has 0 aliphatic rings. The molecule has 5 nitrogen and oxygen atoms in total. The van der Waals surface area contributed by atoms with Crippen molar-refractivity contribution in [3.8, 4) is 0 Å². The predicted molar refractivity (Wildman–Crippen MR) is 65.6 cm³/mol. The van der Waals surface area contributed by atoms with E-state index in [-0.39, 0.29) is 12.3 Å². The van der Waals surface area contributed by atoms with Crippen LogP contribution in [0.3, 0.4) is 0 Å². The quantitative estimate of drug-likeness (QED) is 0.283. The van der Waals surface area contributed by atoms with Gasteiger partial charge < -0.3 is 9.94 Å². The molecule has 0 saturated carbocycles. The number of nitrogens with zero attached hydrogens (tertiary/aromatic N) is 1. The first-order valence-corrected chi connectivity index (χ1v) is 5.60. The van der Waals surface area contributed by atoms with Gasteiger partial charge >= 0.3 is 5.97 Å². The van der Waals surface area contributed by atoms with Crippen molar-refractivity contribution in [2.24, 2.45) is 11.1 Å². The molecule has 0 radical (unpaired) electrons. The molecule has 18 heavy (non-hydrogen) atoms. The van der Waals surface area contributed by atoms with E-state index in [9.17, 15) is 9.59 Å². The van der Waals surface area contributed by atoms with Gasteiger partial charge in [0.05, 0.1) is 18.2 Å². The number of ether oxygens (including phenoxy) is 1. The Morgan fingerprint density at radius 1 is 1.33 bits per heavy atom. The van der Waals surface area contributed by atoms with Crippen LogP contribution in [0.15, 0.2) is 35.5 Å². The summed E-state index contributed by atoms with van der Waals surface area (Å²) >= 11 is 0. The van der Waals surface area contributed by atoms with Crippen molar-refractivity contribution in [2.45, 2.75) is 13.8 Å². The van der Waals surface area contributed by atoms with Gasteiger partial charge in [-0.1, -0.05) is 35.5 Å². The maximum absolute atomic E-state index is 11.7. The number of esters is 1. The van der Waals surface area contributed by atoms with Gasteiger partial charge in [0.15, 0.2) is 0 Å². The molecule has 1 rings (SSSR count). The third-order valence-electron chi connectivity index (χ3n) is 2.46. The molecule has 1 N–H and O–H groups in total. The average Bonchev–Trinajstić information content (AvgIpc) is 2.40. The lowest BCUT2D eigenvalue weighted by Gasteiger charge is -2.11. The largest absolute Gasteiger partial charge is 0.460 e. The minimum atomic E-state index is -0.915. The van der Waals surface area contributed by atoms with Gasteiger partial charge in [-0.15, -0.1) is 0 Å². The molecule has 5 heteroatoms. The molecule has 1 unspecified atom stereocenters. The third kappa shape index (κ3) is 3.16. The fourth-order valence-electron chi connectivity index (χ4n) is 1.51. The Morgan fingerprint density at radius 2 is 1.94 bits per heavy atom. The van der Waals surface area contributed by atoms with E-state index in [1.165, 1.54) is 6.92 Å². The van der Waals surface area contributed by atoms with Gasteiger partial charge in [-0.25, -0.2) is 4.79 Å². The van der Waals surface area contributed by atoms with Crippen LogP contribution in [0.5, 0.6) is 0 Å².